The number of para-hydroxylation sites is 2. The molecule has 7 heteroatoms. The summed E-state index contributed by atoms with van der Waals surface area (Å²) in [7, 11) is 1.55. The number of hydrogen-bond acceptors (Lipinski definition) is 6. The normalized spacial score (nSPS) is 13.6. The predicted molar refractivity (Wildman–Crippen MR) is 136 cm³/mol. The zero-order valence-electron chi connectivity index (χ0n) is 19.7. The van der Waals surface area contributed by atoms with Crippen LogP contribution in [0.1, 0.15) is 40.7 Å². The van der Waals surface area contributed by atoms with E-state index in [1.807, 2.05) is 36.4 Å². The van der Waals surface area contributed by atoms with Crippen LogP contribution in [-0.4, -0.2) is 30.9 Å². The molecule has 0 bridgehead atoms. The number of nitro benzene ring substituents is 1. The van der Waals surface area contributed by atoms with Crippen molar-refractivity contribution < 1.29 is 19.2 Å². The van der Waals surface area contributed by atoms with Crippen LogP contribution < -0.4 is 14.4 Å². The van der Waals surface area contributed by atoms with Crippen molar-refractivity contribution in [1.29, 1.82) is 0 Å². The second-order valence-electron chi connectivity index (χ2n) is 8.38. The van der Waals surface area contributed by atoms with Gasteiger partial charge in [-0.2, -0.15) is 0 Å². The summed E-state index contributed by atoms with van der Waals surface area (Å²) in [4.78, 5) is 25.8. The Kier molecular flexibility index (Phi) is 7.77. The third-order valence-electron chi connectivity index (χ3n) is 6.05. The molecule has 4 rings (SSSR count). The average Bonchev–Trinajstić information content (AvgIpc) is 2.91. The van der Waals surface area contributed by atoms with E-state index in [0.29, 0.717) is 16.9 Å². The van der Waals surface area contributed by atoms with Crippen molar-refractivity contribution in [2.24, 2.45) is 0 Å². The standard InChI is InChI=1S/C28H28N2O5/c1-34-27-16-10-21(19-23(27)20-35-28-8-4-3-7-25(28)30(32)33)9-15-26(31)22-11-13-24(14-12-22)29-17-5-2-6-18-29/h3-4,7-16,19H,2,5-6,17-18,20H2,1H3/b15-9+. The first-order chi connectivity index (χ1) is 17.0. The SMILES string of the molecule is COc1ccc(/C=C/C(=O)c2ccc(N3CCCCC3)cc2)cc1COc1ccccc1[N+](=O)[O-]. The van der Waals surface area contributed by atoms with Gasteiger partial charge >= 0.3 is 5.69 Å². The first kappa shape index (κ1) is 24.0. The number of anilines is 1. The summed E-state index contributed by atoms with van der Waals surface area (Å²) in [5.74, 6) is 0.702. The number of benzene rings is 3. The van der Waals surface area contributed by atoms with E-state index >= 15 is 0 Å². The van der Waals surface area contributed by atoms with Crippen molar-refractivity contribution in [1.82, 2.24) is 0 Å². The first-order valence-corrected chi connectivity index (χ1v) is 11.7. The number of ketones is 1. The van der Waals surface area contributed by atoms with E-state index in [0.717, 1.165) is 24.3 Å². The predicted octanol–water partition coefficient (Wildman–Crippen LogP) is 6.07. The van der Waals surface area contributed by atoms with Crippen LogP contribution in [0.25, 0.3) is 6.08 Å². The van der Waals surface area contributed by atoms with Gasteiger partial charge in [0.1, 0.15) is 12.4 Å². The van der Waals surface area contributed by atoms with Crippen LogP contribution >= 0.6 is 0 Å². The van der Waals surface area contributed by atoms with Crippen LogP contribution in [0.5, 0.6) is 11.5 Å². The lowest BCUT2D eigenvalue weighted by Gasteiger charge is -2.28. The van der Waals surface area contributed by atoms with Gasteiger partial charge in [0.05, 0.1) is 12.0 Å². The molecule has 3 aromatic rings. The molecule has 0 N–H and O–H groups in total. The molecular weight excluding hydrogens is 444 g/mol. The van der Waals surface area contributed by atoms with E-state index in [2.05, 4.69) is 4.90 Å². The van der Waals surface area contributed by atoms with Gasteiger partial charge in [-0.15, -0.1) is 0 Å². The van der Waals surface area contributed by atoms with Gasteiger partial charge in [0.15, 0.2) is 11.5 Å². The molecule has 0 aromatic heterocycles. The number of hydrogen-bond donors (Lipinski definition) is 0. The van der Waals surface area contributed by atoms with Crippen LogP contribution in [0.4, 0.5) is 11.4 Å². The molecule has 0 amide bonds. The molecule has 1 fully saturated rings. The number of nitrogens with zero attached hydrogens (tertiary/aromatic N) is 2. The molecule has 1 saturated heterocycles. The minimum absolute atomic E-state index is 0.0799. The van der Waals surface area contributed by atoms with Gasteiger partial charge in [-0.1, -0.05) is 24.3 Å². The smallest absolute Gasteiger partial charge is 0.310 e. The van der Waals surface area contributed by atoms with Gasteiger partial charge in [0, 0.05) is 36.0 Å². The number of piperidine rings is 1. The van der Waals surface area contributed by atoms with Crippen molar-refractivity contribution in [2.45, 2.75) is 25.9 Å². The number of ether oxygens (including phenoxy) is 2. The highest BCUT2D eigenvalue weighted by Gasteiger charge is 2.15. The second-order valence-corrected chi connectivity index (χ2v) is 8.38. The molecule has 0 radical (unpaired) electrons. The van der Waals surface area contributed by atoms with Gasteiger partial charge in [-0.05, 0) is 73.4 Å². The molecule has 0 saturated carbocycles. The monoisotopic (exact) mass is 472 g/mol. The third-order valence-corrected chi connectivity index (χ3v) is 6.05. The van der Waals surface area contributed by atoms with Crippen LogP contribution in [0.3, 0.4) is 0 Å². The highest BCUT2D eigenvalue weighted by Crippen LogP contribution is 2.29. The third kappa shape index (κ3) is 6.06. The Balaban J connectivity index is 1.44. The van der Waals surface area contributed by atoms with E-state index in [-0.39, 0.29) is 23.8 Å². The van der Waals surface area contributed by atoms with Crippen molar-refractivity contribution in [3.8, 4) is 11.5 Å². The van der Waals surface area contributed by atoms with Crippen molar-refractivity contribution >= 4 is 23.2 Å². The molecule has 1 aliphatic rings. The molecule has 0 atom stereocenters. The summed E-state index contributed by atoms with van der Waals surface area (Å²) in [6.45, 7) is 2.21. The molecule has 3 aromatic carbocycles. The summed E-state index contributed by atoms with van der Waals surface area (Å²) >= 11 is 0. The second kappa shape index (κ2) is 11.3. The van der Waals surface area contributed by atoms with Gasteiger partial charge in [0.25, 0.3) is 0 Å². The number of rotatable bonds is 9. The Bertz CT molecular complexity index is 1210. The van der Waals surface area contributed by atoms with Crippen molar-refractivity contribution in [3.63, 3.8) is 0 Å². The molecule has 35 heavy (non-hydrogen) atoms. The van der Waals surface area contributed by atoms with E-state index < -0.39 is 4.92 Å². The largest absolute Gasteiger partial charge is 0.496 e. The quantitative estimate of drug-likeness (QED) is 0.163. The molecule has 0 unspecified atom stereocenters. The van der Waals surface area contributed by atoms with E-state index in [4.69, 9.17) is 9.47 Å². The molecule has 1 heterocycles. The number of nitro groups is 1. The average molecular weight is 473 g/mol. The molecule has 180 valence electrons. The van der Waals surface area contributed by atoms with Crippen molar-refractivity contribution in [2.75, 3.05) is 25.1 Å². The summed E-state index contributed by atoms with van der Waals surface area (Å²) in [6.07, 6.45) is 6.99. The van der Waals surface area contributed by atoms with Crippen LogP contribution in [0.2, 0.25) is 0 Å². The van der Waals surface area contributed by atoms with Crippen molar-refractivity contribution in [3.05, 3.63) is 99.6 Å². The van der Waals surface area contributed by atoms with Gasteiger partial charge in [-0.25, -0.2) is 0 Å². The first-order valence-electron chi connectivity index (χ1n) is 11.7. The minimum Gasteiger partial charge on any atom is -0.496 e. The number of allylic oxidation sites excluding steroid dienone is 1. The molecule has 0 aliphatic carbocycles. The zero-order chi connectivity index (χ0) is 24.6. The Morgan fingerprint density at radius 1 is 1.00 bits per heavy atom. The number of carbonyl (C=O) groups excluding carboxylic acids is 1. The lowest BCUT2D eigenvalue weighted by atomic mass is 10.1. The zero-order valence-corrected chi connectivity index (χ0v) is 19.7. The fraction of sp³-hybridized carbons (Fsp3) is 0.250. The Morgan fingerprint density at radius 3 is 2.46 bits per heavy atom. The molecule has 7 nitrogen and oxygen atoms in total. The Morgan fingerprint density at radius 2 is 1.74 bits per heavy atom. The fourth-order valence-electron chi connectivity index (χ4n) is 4.16. The maximum Gasteiger partial charge on any atom is 0.310 e. The lowest BCUT2D eigenvalue weighted by Crippen LogP contribution is -2.29. The topological polar surface area (TPSA) is 81.9 Å². The summed E-state index contributed by atoms with van der Waals surface area (Å²) < 4.78 is 11.1. The maximum absolute atomic E-state index is 12.7. The maximum atomic E-state index is 12.7. The Labute approximate surface area is 204 Å². The highest BCUT2D eigenvalue weighted by atomic mass is 16.6. The van der Waals surface area contributed by atoms with Gasteiger partial charge in [0.2, 0.25) is 0 Å². The van der Waals surface area contributed by atoms with Gasteiger partial charge in [-0.3, -0.25) is 14.9 Å². The summed E-state index contributed by atoms with van der Waals surface area (Å²) in [6, 6.07) is 19.5. The lowest BCUT2D eigenvalue weighted by molar-refractivity contribution is -0.385. The molecule has 0 spiro atoms. The van der Waals surface area contributed by atoms with Gasteiger partial charge < -0.3 is 14.4 Å². The highest BCUT2D eigenvalue weighted by molar-refractivity contribution is 6.07. The van der Waals surface area contributed by atoms with Crippen LogP contribution in [0.15, 0.2) is 72.8 Å². The number of methoxy groups -OCH3 is 1. The summed E-state index contributed by atoms with van der Waals surface area (Å²) in [5, 5.41) is 11.2. The van der Waals surface area contributed by atoms with Crippen LogP contribution in [0, 0.1) is 10.1 Å². The van der Waals surface area contributed by atoms with E-state index in [9.17, 15) is 14.9 Å². The Hall–Kier alpha value is -4.13. The van der Waals surface area contributed by atoms with E-state index in [1.165, 1.54) is 25.3 Å². The fourth-order valence-corrected chi connectivity index (χ4v) is 4.16. The molecular formula is C28H28N2O5. The van der Waals surface area contributed by atoms with E-state index in [1.54, 1.807) is 43.5 Å². The summed E-state index contributed by atoms with van der Waals surface area (Å²) in [5.41, 5.74) is 3.20. The number of carbonyl (C=O) groups is 1. The molecule has 1 aliphatic heterocycles. The minimum atomic E-state index is -0.476. The van der Waals surface area contributed by atoms with Crippen LogP contribution in [-0.2, 0) is 6.61 Å².